The average Bonchev–Trinajstić information content (AvgIpc) is 2.93. The first-order chi connectivity index (χ1) is 18.8. The predicted molar refractivity (Wildman–Crippen MR) is 141 cm³/mol. The summed E-state index contributed by atoms with van der Waals surface area (Å²) in [7, 11) is 1.56. The Kier molecular flexibility index (Phi) is 8.68. The number of carboxylic acid groups (broad SMARTS) is 1. The van der Waals surface area contributed by atoms with Gasteiger partial charge in [0, 0.05) is 19.5 Å². The van der Waals surface area contributed by atoms with Crippen molar-refractivity contribution in [1.82, 2.24) is 25.1 Å². The van der Waals surface area contributed by atoms with Crippen molar-refractivity contribution < 1.29 is 29.0 Å². The molecule has 2 aliphatic rings. The Hall–Kier alpha value is -4.56. The summed E-state index contributed by atoms with van der Waals surface area (Å²) in [4.78, 5) is 54.8. The lowest BCUT2D eigenvalue weighted by atomic mass is 10.0. The molecule has 0 unspecified atom stereocenters. The Morgan fingerprint density at radius 1 is 1.10 bits per heavy atom. The van der Waals surface area contributed by atoms with Gasteiger partial charge in [-0.05, 0) is 29.7 Å². The molecule has 0 bridgehead atoms. The van der Waals surface area contributed by atoms with Crippen LogP contribution in [0, 0.1) is 12.3 Å². The number of hydrogen-bond donors (Lipinski definition) is 2. The Bertz CT molecular complexity index is 1250. The van der Waals surface area contributed by atoms with E-state index in [1.165, 1.54) is 14.9 Å². The van der Waals surface area contributed by atoms with Gasteiger partial charge in [-0.25, -0.2) is 9.80 Å². The average molecular weight is 534 g/mol. The minimum absolute atomic E-state index is 0.00105. The highest BCUT2D eigenvalue weighted by atomic mass is 16.5. The molecule has 2 N–H and O–H groups in total. The number of aliphatic carboxylic acids is 1. The second-order valence-corrected chi connectivity index (χ2v) is 9.31. The first-order valence-corrected chi connectivity index (χ1v) is 12.6. The minimum Gasteiger partial charge on any atom is -0.497 e. The van der Waals surface area contributed by atoms with Crippen molar-refractivity contribution in [2.75, 3.05) is 26.7 Å². The lowest BCUT2D eigenvalue weighted by molar-refractivity contribution is -0.190. The maximum atomic E-state index is 13.6. The molecule has 2 saturated heterocycles. The summed E-state index contributed by atoms with van der Waals surface area (Å²) in [5, 5.41) is 15.1. The molecule has 11 nitrogen and oxygen atoms in total. The smallest absolute Gasteiger partial charge is 0.334 e. The molecule has 2 aromatic rings. The molecule has 4 amide bonds. The molecular weight excluding hydrogens is 502 g/mol. The first kappa shape index (κ1) is 27.5. The van der Waals surface area contributed by atoms with Crippen molar-refractivity contribution in [1.29, 1.82) is 0 Å². The van der Waals surface area contributed by atoms with E-state index in [1.807, 2.05) is 42.5 Å². The fourth-order valence-electron chi connectivity index (χ4n) is 4.92. The number of urea groups is 1. The number of piperazine rings is 1. The van der Waals surface area contributed by atoms with E-state index in [0.29, 0.717) is 5.75 Å². The van der Waals surface area contributed by atoms with Crippen LogP contribution < -0.4 is 10.1 Å². The number of fused-ring (bicyclic) bond motifs is 1. The number of nitrogens with one attached hydrogen (secondary N) is 1. The van der Waals surface area contributed by atoms with Gasteiger partial charge in [-0.2, -0.15) is 5.01 Å². The monoisotopic (exact) mass is 533 g/mol. The number of carbonyl (C=O) groups excluding carboxylic acids is 3. The Labute approximate surface area is 226 Å². The van der Waals surface area contributed by atoms with E-state index in [-0.39, 0.29) is 51.5 Å². The largest absolute Gasteiger partial charge is 0.497 e. The number of benzene rings is 2. The summed E-state index contributed by atoms with van der Waals surface area (Å²) < 4.78 is 5.21. The second kappa shape index (κ2) is 12.3. The molecular formula is C28H31N5O6. The zero-order chi connectivity index (χ0) is 27.9. The predicted octanol–water partition coefficient (Wildman–Crippen LogP) is 1.50. The topological polar surface area (TPSA) is 123 Å². The SMILES string of the molecule is C#CCN1CC(=O)N2[C@@H](CCC(=O)O)C(=O)N(Cc3ccc(OC)cc3)C[C@@H]2N1C(=O)NCc1ccccc1. The highest BCUT2D eigenvalue weighted by Gasteiger charge is 2.51. The number of amides is 4. The number of rotatable bonds is 9. The van der Waals surface area contributed by atoms with Gasteiger partial charge < -0.3 is 25.0 Å². The quantitative estimate of drug-likeness (QED) is 0.469. The first-order valence-electron chi connectivity index (χ1n) is 12.6. The molecule has 0 aliphatic carbocycles. The third kappa shape index (κ3) is 6.30. The molecule has 2 aliphatic heterocycles. The van der Waals surface area contributed by atoms with Crippen molar-refractivity contribution in [3.63, 3.8) is 0 Å². The van der Waals surface area contributed by atoms with Crippen LogP contribution in [0.2, 0.25) is 0 Å². The molecule has 2 fully saturated rings. The second-order valence-electron chi connectivity index (χ2n) is 9.31. The number of nitrogens with zero attached hydrogens (tertiary/aromatic N) is 4. The van der Waals surface area contributed by atoms with Crippen LogP contribution in [0.5, 0.6) is 5.75 Å². The molecule has 2 atom stereocenters. The van der Waals surface area contributed by atoms with E-state index < -0.39 is 30.1 Å². The van der Waals surface area contributed by atoms with Gasteiger partial charge in [-0.1, -0.05) is 48.4 Å². The number of terminal acetylenes is 1. The molecule has 2 heterocycles. The normalized spacial score (nSPS) is 19.3. The number of hydrogen-bond acceptors (Lipinski definition) is 6. The molecule has 0 spiro atoms. The van der Waals surface area contributed by atoms with E-state index in [0.717, 1.165) is 11.1 Å². The molecule has 4 rings (SSSR count). The molecule has 39 heavy (non-hydrogen) atoms. The van der Waals surface area contributed by atoms with Crippen molar-refractivity contribution in [3.8, 4) is 18.1 Å². The van der Waals surface area contributed by atoms with Crippen molar-refractivity contribution in [3.05, 3.63) is 65.7 Å². The van der Waals surface area contributed by atoms with Crippen molar-refractivity contribution >= 4 is 23.8 Å². The van der Waals surface area contributed by atoms with Gasteiger partial charge in [0.2, 0.25) is 11.8 Å². The summed E-state index contributed by atoms with van der Waals surface area (Å²) in [6.45, 7) is 0.271. The van der Waals surface area contributed by atoms with Gasteiger partial charge in [-0.3, -0.25) is 14.4 Å². The fourth-order valence-corrected chi connectivity index (χ4v) is 4.92. The highest BCUT2D eigenvalue weighted by molar-refractivity contribution is 5.91. The van der Waals surface area contributed by atoms with Crippen molar-refractivity contribution in [2.24, 2.45) is 0 Å². The van der Waals surface area contributed by atoms with E-state index in [4.69, 9.17) is 11.2 Å². The molecule has 0 saturated carbocycles. The molecule has 0 radical (unpaired) electrons. The van der Waals surface area contributed by atoms with Crippen molar-refractivity contribution in [2.45, 2.75) is 38.1 Å². The number of methoxy groups -OCH3 is 1. The zero-order valence-electron chi connectivity index (χ0n) is 21.7. The lowest BCUT2D eigenvalue weighted by Crippen LogP contribution is -2.76. The molecule has 204 valence electrons. The van der Waals surface area contributed by atoms with Gasteiger partial charge in [0.25, 0.3) is 0 Å². The summed E-state index contributed by atoms with van der Waals surface area (Å²) in [6, 6.07) is 15.1. The van der Waals surface area contributed by atoms with Crippen LogP contribution in [0.15, 0.2) is 54.6 Å². The van der Waals surface area contributed by atoms with E-state index >= 15 is 0 Å². The molecule has 0 aromatic heterocycles. The number of ether oxygens (including phenoxy) is 1. The van der Waals surface area contributed by atoms with Crippen LogP contribution in [0.25, 0.3) is 0 Å². The Morgan fingerprint density at radius 3 is 2.46 bits per heavy atom. The van der Waals surface area contributed by atoms with Crippen LogP contribution in [0.1, 0.15) is 24.0 Å². The van der Waals surface area contributed by atoms with Crippen LogP contribution in [-0.4, -0.2) is 87.7 Å². The lowest BCUT2D eigenvalue weighted by Gasteiger charge is -2.54. The van der Waals surface area contributed by atoms with E-state index in [1.54, 1.807) is 24.1 Å². The maximum absolute atomic E-state index is 13.6. The zero-order valence-corrected chi connectivity index (χ0v) is 21.7. The highest BCUT2D eigenvalue weighted by Crippen LogP contribution is 2.29. The fraction of sp³-hybridized carbons (Fsp3) is 0.357. The third-order valence-electron chi connectivity index (χ3n) is 6.76. The van der Waals surface area contributed by atoms with Gasteiger partial charge in [-0.15, -0.1) is 6.42 Å². The Balaban J connectivity index is 1.65. The number of hydrazine groups is 1. The summed E-state index contributed by atoms with van der Waals surface area (Å²) in [6.07, 6.45) is 4.31. The maximum Gasteiger partial charge on any atom is 0.334 e. The van der Waals surface area contributed by atoms with Gasteiger partial charge in [0.05, 0.1) is 26.7 Å². The minimum atomic E-state index is -1.08. The standard InChI is InChI=1S/C28H31N5O6/c1-3-15-31-19-25(34)32-23(13-14-26(35)36)27(37)30(17-21-9-11-22(39-2)12-10-21)18-24(32)33(31)28(38)29-16-20-7-5-4-6-8-20/h1,4-12,23-24H,13-19H2,2H3,(H,29,38)(H,35,36)/t23-,24-/m0/s1. The third-order valence-corrected chi connectivity index (χ3v) is 6.76. The summed E-state index contributed by atoms with van der Waals surface area (Å²) in [5.74, 6) is 1.32. The van der Waals surface area contributed by atoms with Gasteiger partial charge in [0.1, 0.15) is 18.0 Å². The van der Waals surface area contributed by atoms with E-state index in [9.17, 15) is 24.3 Å². The van der Waals surface area contributed by atoms with Crippen LogP contribution in [0.4, 0.5) is 4.79 Å². The van der Waals surface area contributed by atoms with Crippen LogP contribution in [0.3, 0.4) is 0 Å². The van der Waals surface area contributed by atoms with E-state index in [2.05, 4.69) is 11.2 Å². The van der Waals surface area contributed by atoms with Gasteiger partial charge >= 0.3 is 12.0 Å². The van der Waals surface area contributed by atoms with Crippen LogP contribution >= 0.6 is 0 Å². The van der Waals surface area contributed by atoms with Gasteiger partial charge in [0.15, 0.2) is 0 Å². The summed E-state index contributed by atoms with van der Waals surface area (Å²) >= 11 is 0. The van der Waals surface area contributed by atoms with Crippen LogP contribution in [-0.2, 0) is 27.5 Å². The number of carbonyl (C=O) groups is 4. The molecule has 11 heteroatoms. The molecule has 2 aromatic carbocycles. The number of carboxylic acids is 1. The summed E-state index contributed by atoms with van der Waals surface area (Å²) in [5.41, 5.74) is 1.70. The Morgan fingerprint density at radius 2 is 1.82 bits per heavy atom.